The van der Waals surface area contributed by atoms with Gasteiger partial charge in [0.25, 0.3) is 6.01 Å². The molecule has 14 heavy (non-hydrogen) atoms. The van der Waals surface area contributed by atoms with E-state index >= 15 is 0 Å². The number of rotatable bonds is 2. The van der Waals surface area contributed by atoms with Crippen molar-refractivity contribution >= 4 is 12.2 Å². The van der Waals surface area contributed by atoms with Crippen LogP contribution in [0.15, 0.2) is 0 Å². The molecule has 1 heterocycles. The van der Waals surface area contributed by atoms with Crippen molar-refractivity contribution in [1.82, 2.24) is 15.0 Å². The van der Waals surface area contributed by atoms with Crippen molar-refractivity contribution in [2.45, 2.75) is 33.1 Å². The smallest absolute Gasteiger partial charge is 0.297 e. The lowest BCUT2D eigenvalue weighted by atomic mass is 9.96. The van der Waals surface area contributed by atoms with Gasteiger partial charge >= 0.3 is 0 Å². The van der Waals surface area contributed by atoms with E-state index in [1.165, 1.54) is 0 Å². The molecule has 4 nitrogen and oxygen atoms in total. The van der Waals surface area contributed by atoms with E-state index in [4.69, 9.17) is 17.0 Å². The van der Waals surface area contributed by atoms with Crippen molar-refractivity contribution in [3.63, 3.8) is 0 Å². The van der Waals surface area contributed by atoms with Crippen LogP contribution in [-0.2, 0) is 5.41 Å². The zero-order valence-corrected chi connectivity index (χ0v) is 9.73. The maximum absolute atomic E-state index is 5.25. The van der Waals surface area contributed by atoms with E-state index in [0.29, 0.717) is 17.4 Å². The Hall–Kier alpha value is -0.970. The van der Waals surface area contributed by atoms with Gasteiger partial charge in [-0.15, -0.1) is 0 Å². The molecule has 5 heteroatoms. The lowest BCUT2D eigenvalue weighted by Crippen LogP contribution is -2.17. The Labute approximate surface area is 88.8 Å². The molecule has 0 atom stereocenters. The summed E-state index contributed by atoms with van der Waals surface area (Å²) < 4.78 is 5.57. The van der Waals surface area contributed by atoms with Crippen LogP contribution < -0.4 is 4.74 Å². The number of hydrogen-bond donors (Lipinski definition) is 1. The molecule has 1 aromatic rings. The van der Waals surface area contributed by atoms with E-state index in [0.717, 1.165) is 5.82 Å². The predicted molar refractivity (Wildman–Crippen MR) is 57.1 cm³/mol. The van der Waals surface area contributed by atoms with Crippen LogP contribution in [0.2, 0.25) is 0 Å². The first-order valence-electron chi connectivity index (χ1n) is 4.55. The molecule has 0 aliphatic heterocycles. The fraction of sp³-hybridized carbons (Fsp3) is 0.667. The molecule has 1 N–H and O–H groups in total. The Morgan fingerprint density at radius 2 is 2.00 bits per heavy atom. The van der Waals surface area contributed by atoms with Crippen molar-refractivity contribution in [3.8, 4) is 6.01 Å². The van der Waals surface area contributed by atoms with Crippen molar-refractivity contribution < 1.29 is 4.74 Å². The van der Waals surface area contributed by atoms with Gasteiger partial charge in [-0.05, 0) is 19.1 Å². The maximum atomic E-state index is 5.25. The highest BCUT2D eigenvalue weighted by Crippen LogP contribution is 2.18. The van der Waals surface area contributed by atoms with Gasteiger partial charge in [-0.3, -0.25) is 4.98 Å². The second kappa shape index (κ2) is 4.04. The molecule has 1 rings (SSSR count). The quantitative estimate of drug-likeness (QED) is 0.765. The number of aromatic amines is 1. The normalized spacial score (nSPS) is 11.4. The molecule has 0 unspecified atom stereocenters. The lowest BCUT2D eigenvalue weighted by Gasteiger charge is -2.17. The minimum atomic E-state index is -0.0810. The highest BCUT2D eigenvalue weighted by atomic mass is 32.1. The second-order valence-corrected chi connectivity index (χ2v) is 4.33. The van der Waals surface area contributed by atoms with Crippen LogP contribution in [-0.4, -0.2) is 21.6 Å². The third kappa shape index (κ3) is 2.77. The molecule has 78 valence electrons. The molecule has 0 aliphatic rings. The van der Waals surface area contributed by atoms with Gasteiger partial charge in [0.1, 0.15) is 5.82 Å². The maximum Gasteiger partial charge on any atom is 0.297 e. The minimum Gasteiger partial charge on any atom is -0.465 e. The molecule has 0 amide bonds. The average Bonchev–Trinajstić information content (AvgIpc) is 2.02. The number of H-pyrrole nitrogens is 1. The summed E-state index contributed by atoms with van der Waals surface area (Å²) in [7, 11) is 0. The van der Waals surface area contributed by atoms with Gasteiger partial charge in [-0.1, -0.05) is 20.8 Å². The van der Waals surface area contributed by atoms with E-state index in [1.54, 1.807) is 0 Å². The third-order valence-electron chi connectivity index (χ3n) is 1.62. The SMILES string of the molecule is CCOc1nc(=S)nc(C(C)(C)C)[nH]1. The standard InChI is InChI=1S/C9H15N3OS/c1-5-13-7-10-6(9(2,3)4)11-8(14)12-7/h5H2,1-4H3,(H,10,11,12,14). The van der Waals surface area contributed by atoms with Crippen molar-refractivity contribution in [2.75, 3.05) is 6.61 Å². The summed E-state index contributed by atoms with van der Waals surface area (Å²) >= 11 is 4.95. The van der Waals surface area contributed by atoms with Crippen molar-refractivity contribution in [1.29, 1.82) is 0 Å². The molecule has 0 aliphatic carbocycles. The van der Waals surface area contributed by atoms with Crippen LogP contribution in [0.1, 0.15) is 33.5 Å². The van der Waals surface area contributed by atoms with Gasteiger partial charge in [0.05, 0.1) is 6.61 Å². The van der Waals surface area contributed by atoms with Crippen LogP contribution in [0.3, 0.4) is 0 Å². The number of aromatic nitrogens is 3. The fourth-order valence-corrected chi connectivity index (χ4v) is 1.10. The number of ether oxygens (including phenoxy) is 1. The highest BCUT2D eigenvalue weighted by Gasteiger charge is 2.17. The largest absolute Gasteiger partial charge is 0.465 e. The van der Waals surface area contributed by atoms with Crippen LogP contribution in [0.5, 0.6) is 6.01 Å². The van der Waals surface area contributed by atoms with E-state index in [2.05, 4.69) is 35.7 Å². The first-order valence-corrected chi connectivity index (χ1v) is 4.96. The molecule has 0 saturated heterocycles. The van der Waals surface area contributed by atoms with Crippen molar-refractivity contribution in [2.24, 2.45) is 0 Å². The number of nitrogens with one attached hydrogen (secondary N) is 1. The Balaban J connectivity index is 3.14. The van der Waals surface area contributed by atoms with Gasteiger partial charge in [0.2, 0.25) is 4.77 Å². The molecule has 1 aromatic heterocycles. The summed E-state index contributed by atoms with van der Waals surface area (Å²) in [6.45, 7) is 8.62. The summed E-state index contributed by atoms with van der Waals surface area (Å²) in [6.07, 6.45) is 0. The molecule has 0 saturated carbocycles. The molecular formula is C9H15N3OS. The number of nitrogens with zero attached hydrogens (tertiary/aromatic N) is 2. The molecular weight excluding hydrogens is 198 g/mol. The first kappa shape index (κ1) is 11.1. The predicted octanol–water partition coefficient (Wildman–Crippen LogP) is 2.23. The Bertz CT molecular complexity index is 367. The zero-order valence-electron chi connectivity index (χ0n) is 8.92. The molecule has 0 bridgehead atoms. The fourth-order valence-electron chi connectivity index (χ4n) is 0.925. The van der Waals surface area contributed by atoms with Gasteiger partial charge in [-0.25, -0.2) is 4.98 Å². The Kier molecular flexibility index (Phi) is 3.21. The van der Waals surface area contributed by atoms with Gasteiger partial charge in [0.15, 0.2) is 0 Å². The van der Waals surface area contributed by atoms with Crippen LogP contribution >= 0.6 is 12.2 Å². The van der Waals surface area contributed by atoms with Crippen LogP contribution in [0.25, 0.3) is 0 Å². The average molecular weight is 213 g/mol. The summed E-state index contributed by atoms with van der Waals surface area (Å²) in [5.74, 6) is 0.793. The highest BCUT2D eigenvalue weighted by molar-refractivity contribution is 7.71. The monoisotopic (exact) mass is 213 g/mol. The molecule has 0 aromatic carbocycles. The summed E-state index contributed by atoms with van der Waals surface area (Å²) in [5.41, 5.74) is -0.0810. The Morgan fingerprint density at radius 3 is 2.50 bits per heavy atom. The third-order valence-corrected chi connectivity index (χ3v) is 1.80. The minimum absolute atomic E-state index is 0.0810. The Morgan fingerprint density at radius 1 is 1.36 bits per heavy atom. The van der Waals surface area contributed by atoms with Crippen LogP contribution in [0.4, 0.5) is 0 Å². The van der Waals surface area contributed by atoms with E-state index in [-0.39, 0.29) is 5.41 Å². The molecule has 0 radical (unpaired) electrons. The van der Waals surface area contributed by atoms with Gasteiger partial charge < -0.3 is 4.74 Å². The first-order chi connectivity index (χ1) is 6.43. The van der Waals surface area contributed by atoms with Crippen molar-refractivity contribution in [3.05, 3.63) is 10.6 Å². The van der Waals surface area contributed by atoms with Gasteiger partial charge in [-0.2, -0.15) is 4.98 Å². The second-order valence-electron chi connectivity index (χ2n) is 3.97. The summed E-state index contributed by atoms with van der Waals surface area (Å²) in [6, 6.07) is 0.442. The van der Waals surface area contributed by atoms with E-state index in [9.17, 15) is 0 Å². The topological polar surface area (TPSA) is 50.8 Å². The summed E-state index contributed by atoms with van der Waals surface area (Å²) in [5, 5.41) is 0. The lowest BCUT2D eigenvalue weighted by molar-refractivity contribution is 0.306. The number of hydrogen-bond acceptors (Lipinski definition) is 4. The molecule has 0 fully saturated rings. The van der Waals surface area contributed by atoms with Crippen LogP contribution in [0, 0.1) is 4.77 Å². The summed E-state index contributed by atoms with van der Waals surface area (Å²) in [4.78, 5) is 11.1. The van der Waals surface area contributed by atoms with E-state index < -0.39 is 0 Å². The van der Waals surface area contributed by atoms with E-state index in [1.807, 2.05) is 6.92 Å². The zero-order chi connectivity index (χ0) is 10.8. The molecule has 0 spiro atoms. The van der Waals surface area contributed by atoms with Gasteiger partial charge in [0, 0.05) is 5.41 Å².